The third-order valence-electron chi connectivity index (χ3n) is 4.24. The number of aliphatic hydroxyl groups excluding tert-OH is 1. The summed E-state index contributed by atoms with van der Waals surface area (Å²) in [5, 5.41) is 32.3. The SMILES string of the molecule is O=[N+]([O-])[C@]12CC=C(OCCCl)[C@]([N+](=O)[O-])(CN(CCO)C1)C2. The van der Waals surface area contributed by atoms with Crippen LogP contribution in [0.2, 0.25) is 0 Å². The van der Waals surface area contributed by atoms with E-state index in [1.807, 2.05) is 0 Å². The molecule has 22 heavy (non-hydrogen) atoms. The van der Waals surface area contributed by atoms with Crippen molar-refractivity contribution >= 4 is 11.6 Å². The zero-order valence-corrected chi connectivity index (χ0v) is 12.7. The molecule has 2 rings (SSSR count). The number of halogens is 1. The molecule has 0 aromatic heterocycles. The Hall–Kier alpha value is -1.45. The fourth-order valence-electron chi connectivity index (χ4n) is 3.32. The first-order chi connectivity index (χ1) is 10.4. The minimum Gasteiger partial charge on any atom is -0.489 e. The molecule has 2 atom stereocenters. The zero-order chi connectivity index (χ0) is 16.4. The topological polar surface area (TPSA) is 119 Å². The number of hydrogen-bond donors (Lipinski definition) is 1. The molecule has 0 radical (unpaired) electrons. The first kappa shape index (κ1) is 16.9. The minimum atomic E-state index is -1.66. The van der Waals surface area contributed by atoms with Gasteiger partial charge in [-0.1, -0.05) is 0 Å². The third-order valence-corrected chi connectivity index (χ3v) is 4.39. The largest absolute Gasteiger partial charge is 0.489 e. The zero-order valence-electron chi connectivity index (χ0n) is 11.9. The number of nitro groups is 2. The van der Waals surface area contributed by atoms with Crippen molar-refractivity contribution in [2.75, 3.05) is 38.7 Å². The molecule has 1 N–H and O–H groups in total. The fourth-order valence-corrected chi connectivity index (χ4v) is 3.40. The van der Waals surface area contributed by atoms with Crippen LogP contribution < -0.4 is 0 Å². The molecule has 0 aromatic carbocycles. The van der Waals surface area contributed by atoms with E-state index >= 15 is 0 Å². The molecular formula is C12H18ClN3O6. The Morgan fingerprint density at radius 2 is 2.09 bits per heavy atom. The maximum Gasteiger partial charge on any atom is 0.296 e. The van der Waals surface area contributed by atoms with E-state index in [1.165, 1.54) is 6.08 Å². The van der Waals surface area contributed by atoms with Gasteiger partial charge in [-0.15, -0.1) is 11.6 Å². The van der Waals surface area contributed by atoms with Gasteiger partial charge in [0.25, 0.3) is 5.54 Å². The van der Waals surface area contributed by atoms with E-state index < -0.39 is 20.9 Å². The van der Waals surface area contributed by atoms with Gasteiger partial charge in [-0.2, -0.15) is 0 Å². The molecule has 1 fully saturated rings. The highest BCUT2D eigenvalue weighted by Crippen LogP contribution is 2.44. The first-order valence-electron chi connectivity index (χ1n) is 6.92. The predicted octanol–water partition coefficient (Wildman–Crippen LogP) is 0.258. The van der Waals surface area contributed by atoms with Crippen molar-refractivity contribution in [2.24, 2.45) is 0 Å². The molecule has 0 unspecified atom stereocenters. The Kier molecular flexibility index (Phi) is 4.88. The van der Waals surface area contributed by atoms with Crippen LogP contribution in [0.1, 0.15) is 12.8 Å². The molecule has 0 amide bonds. The van der Waals surface area contributed by atoms with Gasteiger partial charge in [0.2, 0.25) is 5.54 Å². The average Bonchev–Trinajstić information content (AvgIpc) is 2.46. The molecule has 1 heterocycles. The Balaban J connectivity index is 2.43. The smallest absolute Gasteiger partial charge is 0.296 e. The predicted molar refractivity (Wildman–Crippen MR) is 77.0 cm³/mol. The van der Waals surface area contributed by atoms with Gasteiger partial charge in [-0.05, 0) is 6.08 Å². The second-order valence-electron chi connectivity index (χ2n) is 5.69. The first-order valence-corrected chi connectivity index (χ1v) is 7.45. The van der Waals surface area contributed by atoms with Gasteiger partial charge in [0.1, 0.15) is 6.61 Å². The summed E-state index contributed by atoms with van der Waals surface area (Å²) in [6, 6.07) is 0. The number of likely N-dealkylation sites (tertiary alicyclic amines) is 1. The van der Waals surface area contributed by atoms with Crippen molar-refractivity contribution in [3.05, 3.63) is 32.1 Å². The monoisotopic (exact) mass is 335 g/mol. The number of alkyl halides is 1. The quantitative estimate of drug-likeness (QED) is 0.402. The summed E-state index contributed by atoms with van der Waals surface area (Å²) in [4.78, 5) is 23.9. The van der Waals surface area contributed by atoms with Crippen molar-refractivity contribution in [1.29, 1.82) is 0 Å². The summed E-state index contributed by atoms with van der Waals surface area (Å²) in [7, 11) is 0. The molecule has 1 saturated heterocycles. The number of aliphatic hydroxyl groups is 1. The van der Waals surface area contributed by atoms with E-state index in [0.717, 1.165) is 0 Å². The average molecular weight is 336 g/mol. The number of rotatable bonds is 7. The van der Waals surface area contributed by atoms with Crippen LogP contribution in [-0.4, -0.2) is 69.7 Å². The lowest BCUT2D eigenvalue weighted by Gasteiger charge is -2.45. The third kappa shape index (κ3) is 2.75. The van der Waals surface area contributed by atoms with E-state index in [2.05, 4.69) is 0 Å². The number of β-amino-alcohol motifs (C(OH)–C–C–N with tert-alkyl or cyclic N) is 1. The molecule has 0 aromatic rings. The Bertz CT molecular complexity index is 501. The highest BCUT2D eigenvalue weighted by atomic mass is 35.5. The highest BCUT2D eigenvalue weighted by molar-refractivity contribution is 6.17. The fraction of sp³-hybridized carbons (Fsp3) is 0.833. The summed E-state index contributed by atoms with van der Waals surface area (Å²) in [5.41, 5.74) is -3.08. The van der Waals surface area contributed by atoms with Gasteiger partial charge in [0.15, 0.2) is 5.76 Å². The van der Waals surface area contributed by atoms with E-state index in [0.29, 0.717) is 0 Å². The Morgan fingerprint density at radius 1 is 1.36 bits per heavy atom. The standard InChI is InChI=1S/C12H18ClN3O6/c13-3-6-22-10-1-2-11(15(18)19)7-12(10,16(20)21)9-14(8-11)4-5-17/h1,17H,2-9H2/t11-,12+/m0/s1. The molecule has 2 aliphatic rings. The maximum atomic E-state index is 11.7. The summed E-state index contributed by atoms with van der Waals surface area (Å²) in [5.74, 6) is 0.310. The second kappa shape index (κ2) is 6.35. The van der Waals surface area contributed by atoms with Crippen LogP contribution in [0.15, 0.2) is 11.8 Å². The molecule has 124 valence electrons. The summed E-state index contributed by atoms with van der Waals surface area (Å²) >= 11 is 5.56. The van der Waals surface area contributed by atoms with Crippen LogP contribution in [0.3, 0.4) is 0 Å². The summed E-state index contributed by atoms with van der Waals surface area (Å²) in [6.07, 6.45) is 1.31. The second-order valence-corrected chi connectivity index (χ2v) is 6.07. The highest BCUT2D eigenvalue weighted by Gasteiger charge is 2.66. The minimum absolute atomic E-state index is 0.0235. The van der Waals surface area contributed by atoms with Gasteiger partial charge >= 0.3 is 0 Å². The van der Waals surface area contributed by atoms with Crippen LogP contribution in [0.4, 0.5) is 0 Å². The van der Waals surface area contributed by atoms with Gasteiger partial charge < -0.3 is 9.84 Å². The summed E-state index contributed by atoms with van der Waals surface area (Å²) < 4.78 is 5.41. The molecule has 2 bridgehead atoms. The number of piperidine rings is 1. The van der Waals surface area contributed by atoms with Crippen LogP contribution in [0, 0.1) is 20.2 Å². The van der Waals surface area contributed by atoms with E-state index in [-0.39, 0.29) is 57.3 Å². The molecule has 10 heteroatoms. The molecule has 1 aliphatic carbocycles. The van der Waals surface area contributed by atoms with Crippen molar-refractivity contribution in [2.45, 2.75) is 23.9 Å². The lowest BCUT2D eigenvalue weighted by atomic mass is 9.71. The van der Waals surface area contributed by atoms with Gasteiger partial charge in [0.05, 0.1) is 32.0 Å². The van der Waals surface area contributed by atoms with Crippen LogP contribution in [0.25, 0.3) is 0 Å². The van der Waals surface area contributed by atoms with E-state index in [9.17, 15) is 20.2 Å². The number of nitrogens with zero attached hydrogens (tertiary/aromatic N) is 3. The number of fused-ring (bicyclic) bond motifs is 2. The van der Waals surface area contributed by atoms with Crippen LogP contribution >= 0.6 is 11.6 Å². The van der Waals surface area contributed by atoms with E-state index in [1.54, 1.807) is 4.90 Å². The van der Waals surface area contributed by atoms with Gasteiger partial charge in [0, 0.05) is 22.8 Å². The number of hydrogen-bond acceptors (Lipinski definition) is 7. The molecule has 1 aliphatic heterocycles. The summed E-state index contributed by atoms with van der Waals surface area (Å²) in [6.45, 7) is 0.0886. The molecule has 0 saturated carbocycles. The van der Waals surface area contributed by atoms with Gasteiger partial charge in [-0.3, -0.25) is 25.1 Å². The van der Waals surface area contributed by atoms with Crippen molar-refractivity contribution in [1.82, 2.24) is 4.90 Å². The normalized spacial score (nSPS) is 31.5. The Morgan fingerprint density at radius 3 is 2.64 bits per heavy atom. The molecule has 0 spiro atoms. The van der Waals surface area contributed by atoms with Gasteiger partial charge in [-0.25, -0.2) is 0 Å². The lowest BCUT2D eigenvalue weighted by molar-refractivity contribution is -0.624. The lowest BCUT2D eigenvalue weighted by Crippen LogP contribution is -2.67. The maximum absolute atomic E-state index is 11.7. The van der Waals surface area contributed by atoms with Crippen LogP contribution in [0.5, 0.6) is 0 Å². The van der Waals surface area contributed by atoms with E-state index in [4.69, 9.17) is 21.4 Å². The molecular weight excluding hydrogens is 318 g/mol. The van der Waals surface area contributed by atoms with Crippen LogP contribution in [-0.2, 0) is 4.74 Å². The van der Waals surface area contributed by atoms with Crippen molar-refractivity contribution in [3.63, 3.8) is 0 Å². The number of ether oxygens (including phenoxy) is 1. The van der Waals surface area contributed by atoms with Crippen molar-refractivity contribution in [3.8, 4) is 0 Å². The van der Waals surface area contributed by atoms with Crippen molar-refractivity contribution < 1.29 is 19.7 Å². The molecule has 9 nitrogen and oxygen atoms in total. The Labute approximate surface area is 131 Å².